The van der Waals surface area contributed by atoms with Crippen LogP contribution in [-0.2, 0) is 0 Å². The molecule has 1 atom stereocenters. The van der Waals surface area contributed by atoms with E-state index in [0.29, 0.717) is 18.8 Å². The van der Waals surface area contributed by atoms with Crippen LogP contribution in [0.1, 0.15) is 23.7 Å². The molecule has 0 saturated carbocycles. The summed E-state index contributed by atoms with van der Waals surface area (Å²) in [4.78, 5) is 25.5. The summed E-state index contributed by atoms with van der Waals surface area (Å²) in [6.07, 6.45) is -5.68. The molecular formula is C20H20F4N4O4. The molecule has 1 saturated heterocycles. The van der Waals surface area contributed by atoms with Crippen molar-refractivity contribution in [3.63, 3.8) is 0 Å². The van der Waals surface area contributed by atoms with Gasteiger partial charge >= 0.3 is 6.36 Å². The van der Waals surface area contributed by atoms with Crippen molar-refractivity contribution in [2.24, 2.45) is 0 Å². The lowest BCUT2D eigenvalue weighted by Gasteiger charge is -2.22. The van der Waals surface area contributed by atoms with E-state index in [1.54, 1.807) is 11.8 Å². The first kappa shape index (κ1) is 23.1. The number of halogens is 4. The fourth-order valence-corrected chi connectivity index (χ4v) is 3.38. The van der Waals surface area contributed by atoms with Gasteiger partial charge in [-0.15, -0.1) is 13.2 Å². The average molecular weight is 456 g/mol. The number of hydrogen-bond donors (Lipinski definition) is 2. The van der Waals surface area contributed by atoms with E-state index in [0.717, 1.165) is 18.2 Å². The normalized spacial score (nSPS) is 16.0. The molecule has 1 aliphatic rings. The number of nitrogens with one attached hydrogen (secondary N) is 2. The molecule has 8 nitrogen and oxygen atoms in total. The largest absolute Gasteiger partial charge is 0.573 e. The quantitative estimate of drug-likeness (QED) is 0.355. The number of alkyl halides is 4. The Morgan fingerprint density at radius 3 is 2.50 bits per heavy atom. The van der Waals surface area contributed by atoms with Crippen LogP contribution in [0.15, 0.2) is 36.4 Å². The molecule has 2 N–H and O–H groups in total. The third-order valence-corrected chi connectivity index (χ3v) is 4.74. The summed E-state index contributed by atoms with van der Waals surface area (Å²) in [6, 6.07) is 7.00. The van der Waals surface area contributed by atoms with Crippen LogP contribution < -0.4 is 20.3 Å². The Labute approximate surface area is 180 Å². The molecule has 1 fully saturated rings. The Hall–Kier alpha value is -3.57. The van der Waals surface area contributed by atoms with E-state index < -0.39 is 29.1 Å². The summed E-state index contributed by atoms with van der Waals surface area (Å²) >= 11 is 0. The van der Waals surface area contributed by atoms with Gasteiger partial charge in [0.25, 0.3) is 11.6 Å². The number of hydrogen-bond acceptors (Lipinski definition) is 6. The lowest BCUT2D eigenvalue weighted by Crippen LogP contribution is -2.25. The number of ether oxygens (including phenoxy) is 1. The van der Waals surface area contributed by atoms with Gasteiger partial charge in [-0.3, -0.25) is 14.9 Å². The summed E-state index contributed by atoms with van der Waals surface area (Å²) in [5.74, 6) is -1.19. The number of nitrogens with zero attached hydrogens (tertiary/aromatic N) is 2. The molecule has 0 aromatic heterocycles. The summed E-state index contributed by atoms with van der Waals surface area (Å²) in [5, 5.41) is 16.9. The minimum atomic E-state index is -4.85. The van der Waals surface area contributed by atoms with Gasteiger partial charge in [-0.2, -0.15) is 0 Å². The van der Waals surface area contributed by atoms with Gasteiger partial charge in [-0.1, -0.05) is 0 Å². The number of nitro benzene ring substituents is 1. The molecule has 0 aliphatic carbocycles. The Bertz CT molecular complexity index is 998. The monoisotopic (exact) mass is 456 g/mol. The minimum Gasteiger partial charge on any atom is -0.406 e. The maximum absolute atomic E-state index is 13.8. The second-order valence-electron chi connectivity index (χ2n) is 7.03. The number of benzene rings is 2. The first-order valence-electron chi connectivity index (χ1n) is 9.70. The molecule has 0 unspecified atom stereocenters. The highest BCUT2D eigenvalue weighted by atomic mass is 19.4. The second kappa shape index (κ2) is 9.28. The average Bonchev–Trinajstić information content (AvgIpc) is 3.14. The molecule has 2 aromatic rings. The molecule has 32 heavy (non-hydrogen) atoms. The zero-order valence-corrected chi connectivity index (χ0v) is 16.9. The van der Waals surface area contributed by atoms with E-state index in [2.05, 4.69) is 15.4 Å². The zero-order chi connectivity index (χ0) is 23.5. The van der Waals surface area contributed by atoms with E-state index in [1.165, 1.54) is 18.2 Å². The Kier molecular flexibility index (Phi) is 6.70. The van der Waals surface area contributed by atoms with Crippen LogP contribution >= 0.6 is 0 Å². The number of carbonyl (C=O) groups excluding carboxylic acids is 1. The second-order valence-corrected chi connectivity index (χ2v) is 7.03. The molecular weight excluding hydrogens is 436 g/mol. The van der Waals surface area contributed by atoms with Crippen LogP contribution in [0.2, 0.25) is 0 Å². The first-order valence-corrected chi connectivity index (χ1v) is 9.70. The minimum absolute atomic E-state index is 0.0349. The molecule has 1 aliphatic heterocycles. The molecule has 2 aromatic carbocycles. The van der Waals surface area contributed by atoms with E-state index in [1.807, 2.05) is 0 Å². The third-order valence-electron chi connectivity index (χ3n) is 4.74. The first-order chi connectivity index (χ1) is 15.1. The fraction of sp³-hybridized carbons (Fsp3) is 0.350. The van der Waals surface area contributed by atoms with Crippen molar-refractivity contribution in [3.05, 3.63) is 52.1 Å². The Morgan fingerprint density at radius 2 is 1.97 bits per heavy atom. The number of rotatable bonds is 7. The van der Waals surface area contributed by atoms with E-state index in [9.17, 15) is 32.5 Å². The van der Waals surface area contributed by atoms with E-state index >= 15 is 0 Å². The highest BCUT2D eigenvalue weighted by molar-refractivity contribution is 6.09. The number of anilines is 3. The summed E-state index contributed by atoms with van der Waals surface area (Å²) in [7, 11) is 0. The standard InChI is InChI=1S/C20H20F4N4O4/c1-2-25-16-10-17(27-8-7-12(21)11-27)15(9-18(16)28(30)31)19(29)26-13-3-5-14(6-4-13)32-20(22,23)24/h3-6,9-10,12,25H,2,7-8,11H2,1H3,(H,26,29)/t12-/m1/s1. The molecule has 1 amide bonds. The number of amides is 1. The highest BCUT2D eigenvalue weighted by Gasteiger charge is 2.31. The molecule has 1 heterocycles. The molecule has 0 bridgehead atoms. The van der Waals surface area contributed by atoms with Gasteiger partial charge in [-0.05, 0) is 43.7 Å². The van der Waals surface area contributed by atoms with Crippen molar-refractivity contribution in [2.75, 3.05) is 35.2 Å². The van der Waals surface area contributed by atoms with Crippen LogP contribution in [0, 0.1) is 10.1 Å². The maximum atomic E-state index is 13.8. The zero-order valence-electron chi connectivity index (χ0n) is 16.9. The third kappa shape index (κ3) is 5.56. The maximum Gasteiger partial charge on any atom is 0.573 e. The lowest BCUT2D eigenvalue weighted by molar-refractivity contribution is -0.384. The van der Waals surface area contributed by atoms with Crippen molar-refractivity contribution in [1.82, 2.24) is 0 Å². The molecule has 0 spiro atoms. The summed E-state index contributed by atoms with van der Waals surface area (Å²) in [5.41, 5.74) is 0.286. The predicted octanol–water partition coefficient (Wildman–Crippen LogP) is 4.73. The van der Waals surface area contributed by atoms with Crippen molar-refractivity contribution < 1.29 is 32.0 Å². The molecule has 3 rings (SSSR count). The van der Waals surface area contributed by atoms with Crippen molar-refractivity contribution in [3.8, 4) is 5.75 Å². The fourth-order valence-electron chi connectivity index (χ4n) is 3.38. The smallest absolute Gasteiger partial charge is 0.406 e. The summed E-state index contributed by atoms with van der Waals surface area (Å²) in [6.45, 7) is 2.51. The Morgan fingerprint density at radius 1 is 1.28 bits per heavy atom. The van der Waals surface area contributed by atoms with Crippen molar-refractivity contribution >= 4 is 28.7 Å². The van der Waals surface area contributed by atoms with E-state index in [-0.39, 0.29) is 35.6 Å². The van der Waals surface area contributed by atoms with Crippen LogP contribution in [-0.4, -0.2) is 43.0 Å². The predicted molar refractivity (Wildman–Crippen MR) is 110 cm³/mol. The number of carbonyl (C=O) groups is 1. The van der Waals surface area contributed by atoms with Crippen LogP contribution in [0.3, 0.4) is 0 Å². The van der Waals surface area contributed by atoms with Crippen LogP contribution in [0.4, 0.5) is 40.3 Å². The molecule has 12 heteroatoms. The van der Waals surface area contributed by atoms with Gasteiger partial charge in [0.15, 0.2) is 0 Å². The van der Waals surface area contributed by atoms with Gasteiger partial charge in [0.1, 0.15) is 17.6 Å². The van der Waals surface area contributed by atoms with Crippen LogP contribution in [0.25, 0.3) is 0 Å². The van der Waals surface area contributed by atoms with Gasteiger partial charge in [0.05, 0.1) is 16.2 Å². The lowest BCUT2D eigenvalue weighted by atomic mass is 10.1. The summed E-state index contributed by atoms with van der Waals surface area (Å²) < 4.78 is 54.5. The van der Waals surface area contributed by atoms with Crippen molar-refractivity contribution in [1.29, 1.82) is 0 Å². The molecule has 172 valence electrons. The van der Waals surface area contributed by atoms with Gasteiger partial charge < -0.3 is 20.3 Å². The van der Waals surface area contributed by atoms with Gasteiger partial charge in [0.2, 0.25) is 0 Å². The van der Waals surface area contributed by atoms with Crippen molar-refractivity contribution in [2.45, 2.75) is 25.9 Å². The topological polar surface area (TPSA) is 96.7 Å². The number of nitro groups is 1. The highest BCUT2D eigenvalue weighted by Crippen LogP contribution is 2.36. The van der Waals surface area contributed by atoms with E-state index in [4.69, 9.17) is 0 Å². The Balaban J connectivity index is 1.92. The molecule has 0 radical (unpaired) electrons. The SMILES string of the molecule is CCNc1cc(N2CC[C@@H](F)C2)c(C(=O)Nc2ccc(OC(F)(F)F)cc2)cc1[N+](=O)[O-]. The van der Waals surface area contributed by atoms with Crippen LogP contribution in [0.5, 0.6) is 5.75 Å². The van der Waals surface area contributed by atoms with Gasteiger partial charge in [-0.25, -0.2) is 4.39 Å². The van der Waals surface area contributed by atoms with Gasteiger partial charge in [0, 0.05) is 31.4 Å².